The van der Waals surface area contributed by atoms with E-state index in [4.69, 9.17) is 61.6 Å². The Labute approximate surface area is 486 Å². The van der Waals surface area contributed by atoms with Crippen LogP contribution in [0.4, 0.5) is 0 Å². The Hall–Kier alpha value is -2.16. The van der Waals surface area contributed by atoms with Gasteiger partial charge in [0.15, 0.2) is 37.7 Å². The Kier molecular flexibility index (Phi) is 23.6. The van der Waals surface area contributed by atoms with Gasteiger partial charge < -0.3 is 71.8 Å². The molecule has 6 saturated heterocycles. The SMILES string of the molecule is CCC1O[C@@H](OCc2ccccc2)C(C)[C@@H](C)[C@@H]1O[C@@H]1OC(CC)[C@@H](O[C@@H]2OC(CO)[C@@H](O)[C@H](O[C@H]3O[C@@H](CC)[C@@H](C)C(C)C3O[C@H]3O[C@@H](CC)[C@@H](C)C(C)C3O[C@H]3O[C@@H](CC)[C@@H](C)C(C)C3C)C2OCc2ccccc2)[C@H](C)C1C. The van der Waals surface area contributed by atoms with Gasteiger partial charge >= 0.3 is 0 Å². The summed E-state index contributed by atoms with van der Waals surface area (Å²) >= 11 is 0. The predicted octanol–water partition coefficient (Wildman–Crippen LogP) is 11.5. The van der Waals surface area contributed by atoms with Crippen molar-refractivity contribution in [2.75, 3.05) is 6.61 Å². The van der Waals surface area contributed by atoms with Gasteiger partial charge in [-0.15, -0.1) is 0 Å². The van der Waals surface area contributed by atoms with Crippen LogP contribution in [-0.2, 0) is 74.8 Å². The highest BCUT2D eigenvalue weighted by molar-refractivity contribution is 5.14. The Morgan fingerprint density at radius 1 is 0.321 bits per heavy atom. The fourth-order valence-electron chi connectivity index (χ4n) is 13.9. The molecule has 81 heavy (non-hydrogen) atoms. The first kappa shape index (κ1) is 64.8. The van der Waals surface area contributed by atoms with E-state index in [0.29, 0.717) is 24.9 Å². The van der Waals surface area contributed by atoms with Crippen molar-refractivity contribution in [1.82, 2.24) is 0 Å². The minimum Gasteiger partial charge on any atom is -0.394 e. The van der Waals surface area contributed by atoms with Gasteiger partial charge in [0.1, 0.15) is 36.6 Å². The van der Waals surface area contributed by atoms with Crippen molar-refractivity contribution < 1.29 is 71.8 Å². The van der Waals surface area contributed by atoms with Crippen molar-refractivity contribution in [1.29, 1.82) is 0 Å². The number of benzene rings is 2. The third-order valence-electron chi connectivity index (χ3n) is 20.7. The molecule has 0 bridgehead atoms. The van der Waals surface area contributed by atoms with Gasteiger partial charge in [0.2, 0.25) is 0 Å². The molecular formula is C66H106O15. The van der Waals surface area contributed by atoms with Gasteiger partial charge in [-0.25, -0.2) is 0 Å². The smallest absolute Gasteiger partial charge is 0.187 e. The van der Waals surface area contributed by atoms with E-state index in [-0.39, 0.29) is 96.7 Å². The van der Waals surface area contributed by atoms with Crippen LogP contribution < -0.4 is 0 Å². The Balaban J connectivity index is 1.05. The van der Waals surface area contributed by atoms with Crippen LogP contribution in [0.3, 0.4) is 0 Å². The molecule has 0 radical (unpaired) electrons. The highest BCUT2D eigenvalue weighted by atomic mass is 16.8. The Morgan fingerprint density at radius 3 is 1.11 bits per heavy atom. The second kappa shape index (κ2) is 29.5. The largest absolute Gasteiger partial charge is 0.394 e. The molecule has 2 N–H and O–H groups in total. The summed E-state index contributed by atoms with van der Waals surface area (Å²) in [5.74, 6) is 1.17. The van der Waals surface area contributed by atoms with E-state index in [1.165, 1.54) is 0 Å². The molecule has 0 aromatic heterocycles. The summed E-state index contributed by atoms with van der Waals surface area (Å²) in [6.45, 7) is 35.2. The second-order valence-electron chi connectivity index (χ2n) is 25.5. The highest BCUT2D eigenvalue weighted by Crippen LogP contribution is 2.46. The summed E-state index contributed by atoms with van der Waals surface area (Å²) < 4.78 is 90.5. The molecule has 0 amide bonds. The monoisotopic (exact) mass is 1140 g/mol. The molecule has 0 saturated carbocycles. The van der Waals surface area contributed by atoms with E-state index in [1.807, 2.05) is 48.5 Å². The highest BCUT2D eigenvalue weighted by Gasteiger charge is 2.56. The second-order valence-corrected chi connectivity index (χ2v) is 25.5. The molecule has 2 aromatic carbocycles. The first-order chi connectivity index (χ1) is 38.9. The van der Waals surface area contributed by atoms with Crippen LogP contribution in [0, 0.1) is 65.1 Å². The molecule has 2 aromatic rings. The Morgan fingerprint density at radius 2 is 0.642 bits per heavy atom. The zero-order valence-electron chi connectivity index (χ0n) is 52.0. The summed E-state index contributed by atoms with van der Waals surface area (Å²) in [6, 6.07) is 20.1. The maximum absolute atomic E-state index is 12.5. The normalized spacial score (nSPS) is 46.1. The van der Waals surface area contributed by atoms with Gasteiger partial charge in [-0.1, -0.05) is 171 Å². The Bertz CT molecular complexity index is 2140. The van der Waals surface area contributed by atoms with Crippen LogP contribution in [0.2, 0.25) is 0 Å². The molecule has 6 aliphatic heterocycles. The average Bonchev–Trinajstić information content (AvgIpc) is 3.68. The van der Waals surface area contributed by atoms with Gasteiger partial charge in [-0.2, -0.15) is 0 Å². The van der Waals surface area contributed by atoms with Crippen LogP contribution >= 0.6 is 0 Å². The molecule has 15 nitrogen and oxygen atoms in total. The zero-order valence-corrected chi connectivity index (χ0v) is 52.0. The molecular weight excluding hydrogens is 1030 g/mol. The molecule has 0 aliphatic carbocycles. The van der Waals surface area contributed by atoms with Gasteiger partial charge in [-0.3, -0.25) is 0 Å². The topological polar surface area (TPSA) is 160 Å². The number of hydrogen-bond acceptors (Lipinski definition) is 15. The van der Waals surface area contributed by atoms with Crippen LogP contribution in [0.1, 0.15) is 154 Å². The lowest BCUT2D eigenvalue weighted by atomic mass is 9.78. The van der Waals surface area contributed by atoms with Crippen molar-refractivity contribution in [3.63, 3.8) is 0 Å². The van der Waals surface area contributed by atoms with Gasteiger partial charge in [0.25, 0.3) is 0 Å². The summed E-state index contributed by atoms with van der Waals surface area (Å²) in [5, 5.41) is 23.5. The number of rotatable bonds is 22. The molecule has 12 unspecified atom stereocenters. The van der Waals surface area contributed by atoms with E-state index < -0.39 is 86.9 Å². The summed E-state index contributed by atoms with van der Waals surface area (Å²) in [5.41, 5.74) is 2.02. The maximum atomic E-state index is 12.5. The van der Waals surface area contributed by atoms with Crippen molar-refractivity contribution in [3.05, 3.63) is 71.8 Å². The van der Waals surface area contributed by atoms with Crippen molar-refractivity contribution in [2.45, 2.75) is 273 Å². The maximum Gasteiger partial charge on any atom is 0.187 e. The molecule has 6 heterocycles. The molecule has 6 fully saturated rings. The quantitative estimate of drug-likeness (QED) is 0.115. The molecule has 460 valence electrons. The lowest BCUT2D eigenvalue weighted by Crippen LogP contribution is -2.65. The van der Waals surface area contributed by atoms with Gasteiger partial charge in [0.05, 0.1) is 62.5 Å². The van der Waals surface area contributed by atoms with Crippen LogP contribution in [-0.4, -0.2) is 134 Å². The van der Waals surface area contributed by atoms with Crippen molar-refractivity contribution in [3.8, 4) is 0 Å². The van der Waals surface area contributed by atoms with Gasteiger partial charge in [-0.05, 0) is 90.6 Å². The zero-order chi connectivity index (χ0) is 58.4. The number of hydrogen-bond donors (Lipinski definition) is 2. The van der Waals surface area contributed by atoms with Crippen molar-refractivity contribution >= 4 is 0 Å². The molecule has 6 aliphatic rings. The average molecular weight is 1140 g/mol. The standard InChI is InChI=1S/C66H106O15/c1-17-48-36(7)35(6)43(14)62(71-48)79-57-39(10)37(8)49(18-2)72-64(57)80-58-40(11)38(9)50(19-3)73-65(58)81-59-54(68)53(32-67)76-66(60(59)69-33-46-28-24-22-25-29-46)78-56-42(13)45(16)63(75-52(56)21-5)77-55-41(12)44(15)61(74-51(55)20-4)70-34-47-30-26-23-27-31-47/h22-31,35-45,48-68H,17-21,32-34H2,1-16H3/t35?,36-,37-,38-,39?,40?,41+,42+,43?,44?,45?,48-,49-,50-,51?,52?,53?,54+,55-,56-,57?,58?,59-,60?,61+,62+,63-,64+,65+,66-/m0/s1. The summed E-state index contributed by atoms with van der Waals surface area (Å²) in [4.78, 5) is 0. The van der Waals surface area contributed by atoms with E-state index in [9.17, 15) is 10.2 Å². The fourth-order valence-corrected chi connectivity index (χ4v) is 13.9. The summed E-state index contributed by atoms with van der Waals surface area (Å²) in [6.07, 6.45) is -7.63. The van der Waals surface area contributed by atoms with E-state index in [0.717, 1.165) is 36.8 Å². The van der Waals surface area contributed by atoms with Crippen LogP contribution in [0.25, 0.3) is 0 Å². The van der Waals surface area contributed by atoms with Crippen LogP contribution in [0.15, 0.2) is 60.7 Å². The first-order valence-corrected chi connectivity index (χ1v) is 31.7. The fraction of sp³-hybridized carbons (Fsp3) is 0.818. The summed E-state index contributed by atoms with van der Waals surface area (Å²) in [7, 11) is 0. The first-order valence-electron chi connectivity index (χ1n) is 31.7. The predicted molar refractivity (Wildman–Crippen MR) is 308 cm³/mol. The number of aliphatic hydroxyl groups is 2. The van der Waals surface area contributed by atoms with E-state index in [1.54, 1.807) is 0 Å². The number of ether oxygens (including phenoxy) is 13. The minimum absolute atomic E-state index is 0.0667. The van der Waals surface area contributed by atoms with Crippen LogP contribution in [0.5, 0.6) is 0 Å². The molecule has 0 spiro atoms. The van der Waals surface area contributed by atoms with E-state index in [2.05, 4.69) is 123 Å². The molecule has 8 rings (SSSR count). The lowest BCUT2D eigenvalue weighted by Gasteiger charge is -2.52. The molecule has 30 atom stereocenters. The van der Waals surface area contributed by atoms with Gasteiger partial charge in [0, 0.05) is 17.8 Å². The lowest BCUT2D eigenvalue weighted by molar-refractivity contribution is -0.395. The molecule has 15 heteroatoms. The third kappa shape index (κ3) is 14.5. The van der Waals surface area contributed by atoms with Crippen molar-refractivity contribution in [2.24, 2.45) is 65.1 Å². The minimum atomic E-state index is -1.35. The van der Waals surface area contributed by atoms with E-state index >= 15 is 0 Å². The number of aliphatic hydroxyl groups excluding tert-OH is 2. The third-order valence-corrected chi connectivity index (χ3v) is 20.7.